The molecule has 0 aliphatic carbocycles. The van der Waals surface area contributed by atoms with E-state index in [1.165, 1.54) is 0 Å². The lowest BCUT2D eigenvalue weighted by Gasteiger charge is -2.21. The van der Waals surface area contributed by atoms with Gasteiger partial charge in [-0.3, -0.25) is 4.57 Å². The third-order valence-electron chi connectivity index (χ3n) is 1.15. The molecule has 0 saturated carbocycles. The van der Waals surface area contributed by atoms with Gasteiger partial charge >= 0.3 is 7.60 Å². The van der Waals surface area contributed by atoms with Crippen molar-refractivity contribution in [3.63, 3.8) is 0 Å². The molecule has 0 N–H and O–H groups in total. The normalized spacial score (nSPS) is 13.2. The minimum atomic E-state index is -3.86. The Labute approximate surface area is 133 Å². The number of hydrogen-bond donors (Lipinski definition) is 0. The van der Waals surface area contributed by atoms with Crippen LogP contribution in [-0.2, 0) is 13.6 Å². The van der Waals surface area contributed by atoms with Crippen molar-refractivity contribution < 1.29 is 13.6 Å². The highest BCUT2D eigenvalue weighted by atomic mass is 35.6. The molecule has 0 aliphatic rings. The van der Waals surface area contributed by atoms with Gasteiger partial charge < -0.3 is 9.05 Å². The number of alkyl halides is 6. The number of hydrogen-bond acceptors (Lipinski definition) is 4. The average molecular weight is 400 g/mol. The second-order valence-electron chi connectivity index (χ2n) is 2.76. The average Bonchev–Trinajstić information content (AvgIpc) is 2.19. The van der Waals surface area contributed by atoms with Gasteiger partial charge in [0, 0.05) is 4.91 Å². The van der Waals surface area contributed by atoms with Crippen molar-refractivity contribution in [2.24, 2.45) is 5.11 Å². The summed E-state index contributed by atoms with van der Waals surface area (Å²) >= 11 is 32.5. The Bertz CT molecular complexity index is 340. The van der Waals surface area contributed by atoms with Gasteiger partial charge in [0.15, 0.2) is 0 Å². The zero-order valence-electron chi connectivity index (χ0n) is 8.40. The molecule has 0 aromatic carbocycles. The molecule has 0 aliphatic heterocycles. The van der Waals surface area contributed by atoms with E-state index in [1.807, 2.05) is 0 Å². The number of azide groups is 1. The van der Waals surface area contributed by atoms with Crippen molar-refractivity contribution in [2.45, 2.75) is 7.59 Å². The van der Waals surface area contributed by atoms with Crippen molar-refractivity contribution in [3.05, 3.63) is 10.4 Å². The van der Waals surface area contributed by atoms with Crippen LogP contribution < -0.4 is 0 Å². The Morgan fingerprint density at radius 3 is 1.72 bits per heavy atom. The highest BCUT2D eigenvalue weighted by Crippen LogP contribution is 2.51. The molecule has 0 rings (SSSR count). The van der Waals surface area contributed by atoms with E-state index in [0.29, 0.717) is 0 Å². The Morgan fingerprint density at radius 2 is 1.44 bits per heavy atom. The summed E-state index contributed by atoms with van der Waals surface area (Å²) in [6.07, 6.45) is -0.620. The lowest BCUT2D eigenvalue weighted by molar-refractivity contribution is 0.210. The molecule has 13 heteroatoms. The second-order valence-corrected chi connectivity index (χ2v) is 9.81. The first kappa shape index (κ1) is 19.2. The molecular weight excluding hydrogens is 394 g/mol. The molecule has 0 heterocycles. The maximum Gasteiger partial charge on any atom is 0.336 e. The first-order valence-corrected chi connectivity index (χ1v) is 7.99. The van der Waals surface area contributed by atoms with Crippen LogP contribution in [-0.4, -0.2) is 27.1 Å². The van der Waals surface area contributed by atoms with Crippen molar-refractivity contribution in [1.82, 2.24) is 0 Å². The summed E-state index contributed by atoms with van der Waals surface area (Å²) in [5.41, 5.74) is 8.16. The highest BCUT2D eigenvalue weighted by molar-refractivity contribution is 7.53. The lowest BCUT2D eigenvalue weighted by atomic mass is 10.9. The number of rotatable bonds is 6. The Hall–Kier alpha value is 1.20. The van der Waals surface area contributed by atoms with Crippen molar-refractivity contribution in [1.29, 1.82) is 0 Å². The predicted molar refractivity (Wildman–Crippen MR) is 74.1 cm³/mol. The SMILES string of the molecule is [N-]=[N+]=NCP(=O)(OCC(Cl)(Cl)Cl)OCC(Cl)(Cl)Cl. The molecule has 0 radical (unpaired) electrons. The summed E-state index contributed by atoms with van der Waals surface area (Å²) in [5.74, 6) is 0. The van der Waals surface area contributed by atoms with Gasteiger partial charge in [0.25, 0.3) is 0 Å². The zero-order chi connectivity index (χ0) is 14.4. The van der Waals surface area contributed by atoms with E-state index in [9.17, 15) is 4.57 Å². The van der Waals surface area contributed by atoms with Gasteiger partial charge in [0.1, 0.15) is 19.5 Å². The van der Waals surface area contributed by atoms with Crippen LogP contribution in [0.5, 0.6) is 0 Å². The van der Waals surface area contributed by atoms with Gasteiger partial charge in [-0.2, -0.15) is 0 Å². The van der Waals surface area contributed by atoms with Crippen LogP contribution in [0.4, 0.5) is 0 Å². The zero-order valence-corrected chi connectivity index (χ0v) is 13.8. The van der Waals surface area contributed by atoms with Crippen LogP contribution >= 0.6 is 77.2 Å². The molecule has 106 valence electrons. The quantitative estimate of drug-likeness (QED) is 0.202. The molecule has 18 heavy (non-hydrogen) atoms. The largest absolute Gasteiger partial charge is 0.336 e. The molecule has 0 amide bonds. The van der Waals surface area contributed by atoms with Gasteiger partial charge in [-0.25, -0.2) is 0 Å². The summed E-state index contributed by atoms with van der Waals surface area (Å²) < 4.78 is 18.0. The van der Waals surface area contributed by atoms with E-state index in [1.54, 1.807) is 0 Å². The third-order valence-corrected chi connectivity index (χ3v) is 3.32. The van der Waals surface area contributed by atoms with Crippen LogP contribution in [0.25, 0.3) is 10.4 Å². The molecular formula is C5H6Cl6N3O3P. The van der Waals surface area contributed by atoms with E-state index >= 15 is 0 Å². The fourth-order valence-electron chi connectivity index (χ4n) is 0.568. The van der Waals surface area contributed by atoms with Crippen LogP contribution in [0.2, 0.25) is 0 Å². The molecule has 0 saturated heterocycles. The first-order valence-electron chi connectivity index (χ1n) is 4.00. The van der Waals surface area contributed by atoms with Gasteiger partial charge in [0.2, 0.25) is 7.59 Å². The third kappa shape index (κ3) is 11.1. The van der Waals surface area contributed by atoms with Crippen LogP contribution in [0, 0.1) is 0 Å². The molecule has 0 aromatic heterocycles. The van der Waals surface area contributed by atoms with E-state index < -0.39 is 34.7 Å². The molecule has 6 nitrogen and oxygen atoms in total. The highest BCUT2D eigenvalue weighted by Gasteiger charge is 2.33. The van der Waals surface area contributed by atoms with Crippen LogP contribution in [0.15, 0.2) is 5.11 Å². The summed E-state index contributed by atoms with van der Waals surface area (Å²) in [7, 11) is -3.86. The summed E-state index contributed by atoms with van der Waals surface area (Å²) in [5, 5.41) is 3.05. The van der Waals surface area contributed by atoms with Gasteiger partial charge in [-0.1, -0.05) is 74.7 Å². The molecule has 0 fully saturated rings. The first-order chi connectivity index (χ1) is 7.97. The second kappa shape index (κ2) is 7.84. The molecule has 0 aromatic rings. The van der Waals surface area contributed by atoms with Crippen molar-refractivity contribution in [3.8, 4) is 0 Å². The van der Waals surface area contributed by atoms with Crippen LogP contribution in [0.3, 0.4) is 0 Å². The van der Waals surface area contributed by atoms with E-state index in [0.717, 1.165) is 0 Å². The van der Waals surface area contributed by atoms with E-state index in [4.69, 9.17) is 84.2 Å². The number of nitrogens with zero attached hydrogens (tertiary/aromatic N) is 3. The fraction of sp³-hybridized carbons (Fsp3) is 1.00. The summed E-state index contributed by atoms with van der Waals surface area (Å²) in [6, 6.07) is 0. The Kier molecular flexibility index (Phi) is 8.37. The minimum Gasteiger partial charge on any atom is -0.304 e. The Morgan fingerprint density at radius 1 is 1.06 bits per heavy atom. The van der Waals surface area contributed by atoms with Gasteiger partial charge in [0.05, 0.1) is 0 Å². The van der Waals surface area contributed by atoms with Gasteiger partial charge in [-0.05, 0) is 5.53 Å². The minimum absolute atomic E-state index is 0.546. The van der Waals surface area contributed by atoms with Crippen LogP contribution in [0.1, 0.15) is 0 Å². The van der Waals surface area contributed by atoms with Gasteiger partial charge in [-0.15, -0.1) is 0 Å². The number of halogens is 6. The van der Waals surface area contributed by atoms with E-state index in [-0.39, 0.29) is 0 Å². The molecule has 0 atom stereocenters. The molecule has 0 spiro atoms. The summed E-state index contributed by atoms with van der Waals surface area (Å²) in [4.78, 5) is 2.40. The smallest absolute Gasteiger partial charge is 0.304 e. The monoisotopic (exact) mass is 397 g/mol. The molecule has 0 bridgehead atoms. The predicted octanol–water partition coefficient (Wildman–Crippen LogP) is 5.22. The molecule has 0 unspecified atom stereocenters. The topological polar surface area (TPSA) is 84.3 Å². The maximum atomic E-state index is 12.0. The fourth-order valence-corrected chi connectivity index (χ4v) is 2.58. The van der Waals surface area contributed by atoms with Crippen molar-refractivity contribution in [2.75, 3.05) is 19.5 Å². The van der Waals surface area contributed by atoms with Crippen molar-refractivity contribution >= 4 is 77.2 Å². The lowest BCUT2D eigenvalue weighted by Crippen LogP contribution is -2.17. The van der Waals surface area contributed by atoms with E-state index in [2.05, 4.69) is 10.0 Å². The maximum absolute atomic E-state index is 12.0. The standard InChI is InChI=1S/C5H6Cl6N3O3P/c6-4(7,8)1-16-18(15,3-13-14-12)17-2-5(9,10)11/h1-3H2. The summed E-state index contributed by atoms with van der Waals surface area (Å²) in [6.45, 7) is -1.09. The Balaban J connectivity index is 4.62.